The molecule has 0 unspecified atom stereocenters. The van der Waals surface area contributed by atoms with E-state index in [4.69, 9.17) is 25.8 Å². The number of ether oxygens (including phenoxy) is 3. The predicted molar refractivity (Wildman–Crippen MR) is 121 cm³/mol. The van der Waals surface area contributed by atoms with E-state index in [1.807, 2.05) is 0 Å². The average Bonchev–Trinajstić information content (AvgIpc) is 2.78. The second-order valence-corrected chi connectivity index (χ2v) is 9.37. The van der Waals surface area contributed by atoms with Crippen molar-refractivity contribution in [1.82, 2.24) is 10.6 Å². The Morgan fingerprint density at radius 2 is 1.88 bits per heavy atom. The molecule has 0 saturated carbocycles. The number of hydrogen-bond acceptors (Lipinski definition) is 7. The maximum atomic E-state index is 13.3. The van der Waals surface area contributed by atoms with Crippen LogP contribution in [-0.4, -0.2) is 47.0 Å². The third-order valence-electron chi connectivity index (χ3n) is 4.87. The van der Waals surface area contributed by atoms with Gasteiger partial charge in [0.15, 0.2) is 9.84 Å². The van der Waals surface area contributed by atoms with E-state index in [2.05, 4.69) is 10.6 Å². The highest BCUT2D eigenvalue weighted by Gasteiger charge is 2.36. The van der Waals surface area contributed by atoms with Gasteiger partial charge in [-0.05, 0) is 42.8 Å². The van der Waals surface area contributed by atoms with Gasteiger partial charge in [-0.3, -0.25) is 0 Å². The number of benzene rings is 2. The van der Waals surface area contributed by atoms with Gasteiger partial charge in [0.2, 0.25) is 0 Å². The maximum Gasteiger partial charge on any atom is 0.338 e. The predicted octanol–water partition coefficient (Wildman–Crippen LogP) is 3.00. The van der Waals surface area contributed by atoms with E-state index in [-0.39, 0.29) is 33.5 Å². The summed E-state index contributed by atoms with van der Waals surface area (Å²) in [7, 11) is -1.28. The number of esters is 1. The Hall–Kier alpha value is -3.24. The third kappa shape index (κ3) is 5.40. The summed E-state index contributed by atoms with van der Waals surface area (Å²) in [5.74, 6) is -0.865. The molecule has 2 aromatic carbocycles. The lowest BCUT2D eigenvalue weighted by molar-refractivity contribution is -0.139. The summed E-state index contributed by atoms with van der Waals surface area (Å²) in [6, 6.07) is 9.27. The van der Waals surface area contributed by atoms with Gasteiger partial charge in [0, 0.05) is 10.7 Å². The van der Waals surface area contributed by atoms with Gasteiger partial charge in [0.05, 0.1) is 38.2 Å². The molecule has 2 amide bonds. The number of methoxy groups -OCH3 is 2. The topological polar surface area (TPSA) is 120 Å². The zero-order valence-electron chi connectivity index (χ0n) is 18.2. The fourth-order valence-electron chi connectivity index (χ4n) is 3.41. The van der Waals surface area contributed by atoms with Crippen LogP contribution < -0.4 is 20.1 Å². The van der Waals surface area contributed by atoms with E-state index in [0.29, 0.717) is 11.3 Å². The third-order valence-corrected chi connectivity index (χ3v) is 6.76. The van der Waals surface area contributed by atoms with E-state index in [9.17, 15) is 18.0 Å². The van der Waals surface area contributed by atoms with Gasteiger partial charge in [0.1, 0.15) is 16.4 Å². The molecular formula is C22H23ClN2O7S. The highest BCUT2D eigenvalue weighted by Crippen LogP contribution is 2.33. The highest BCUT2D eigenvalue weighted by atomic mass is 35.5. The molecule has 0 spiro atoms. The van der Waals surface area contributed by atoms with Gasteiger partial charge in [-0.2, -0.15) is 0 Å². The molecule has 0 fully saturated rings. The Labute approximate surface area is 196 Å². The molecule has 176 valence electrons. The number of urea groups is 1. The molecule has 0 aromatic heterocycles. The van der Waals surface area contributed by atoms with Crippen LogP contribution in [0.15, 0.2) is 58.6 Å². The molecule has 2 N–H and O–H groups in total. The van der Waals surface area contributed by atoms with E-state index < -0.39 is 33.6 Å². The number of hydrogen-bond donors (Lipinski definition) is 2. The fourth-order valence-corrected chi connectivity index (χ4v) is 5.18. The number of sulfone groups is 1. The highest BCUT2D eigenvalue weighted by molar-refractivity contribution is 7.91. The number of halogens is 1. The first kappa shape index (κ1) is 24.4. The zero-order valence-corrected chi connectivity index (χ0v) is 19.7. The molecule has 11 heteroatoms. The van der Waals surface area contributed by atoms with Gasteiger partial charge in [-0.25, -0.2) is 18.0 Å². The standard InChI is InChI=1S/C22H23ClN2O7S/c1-4-32-21(26)19-16(12-33(28,29)18-11-14(23)8-9-17(18)31-3)24-22(27)25-20(19)13-6-5-7-15(10-13)30-2/h5-11,20H,4,12H2,1-3H3,(H2,24,25,27)/t20-/m0/s1. The van der Waals surface area contributed by atoms with Gasteiger partial charge in [0.25, 0.3) is 0 Å². The molecule has 9 nitrogen and oxygen atoms in total. The maximum absolute atomic E-state index is 13.3. The second kappa shape index (κ2) is 10.1. The molecule has 1 aliphatic heterocycles. The molecule has 0 radical (unpaired) electrons. The lowest BCUT2D eigenvalue weighted by Gasteiger charge is -2.29. The molecule has 1 aliphatic rings. The molecular weight excluding hydrogens is 472 g/mol. The molecule has 1 atom stereocenters. The molecule has 1 heterocycles. The van der Waals surface area contributed by atoms with Crippen LogP contribution in [0.2, 0.25) is 5.02 Å². The first-order valence-corrected chi connectivity index (χ1v) is 11.9. The molecule has 0 bridgehead atoms. The summed E-state index contributed by atoms with van der Waals surface area (Å²) < 4.78 is 42.2. The fraction of sp³-hybridized carbons (Fsp3) is 0.273. The van der Waals surface area contributed by atoms with Crippen molar-refractivity contribution >= 4 is 33.4 Å². The smallest absolute Gasteiger partial charge is 0.338 e. The lowest BCUT2D eigenvalue weighted by Crippen LogP contribution is -2.47. The summed E-state index contributed by atoms with van der Waals surface area (Å²) >= 11 is 6.00. The monoisotopic (exact) mass is 494 g/mol. The number of nitrogens with one attached hydrogen (secondary N) is 2. The minimum atomic E-state index is -4.09. The van der Waals surface area contributed by atoms with Crippen LogP contribution in [0.1, 0.15) is 18.5 Å². The Morgan fingerprint density at radius 3 is 2.55 bits per heavy atom. The van der Waals surface area contributed by atoms with Crippen LogP contribution in [-0.2, 0) is 19.4 Å². The SMILES string of the molecule is CCOC(=O)C1=C(CS(=O)(=O)c2cc(Cl)ccc2OC)NC(=O)N[C@H]1c1cccc(OC)c1. The summed E-state index contributed by atoms with van der Waals surface area (Å²) in [5.41, 5.74) is 0.379. The van der Waals surface area contributed by atoms with Crippen molar-refractivity contribution in [2.24, 2.45) is 0 Å². The van der Waals surface area contributed by atoms with Gasteiger partial charge < -0.3 is 24.8 Å². The number of rotatable bonds is 8. The summed E-state index contributed by atoms with van der Waals surface area (Å²) in [6.45, 7) is 1.68. The largest absolute Gasteiger partial charge is 0.497 e. The van der Waals surface area contributed by atoms with Gasteiger partial charge in [-0.1, -0.05) is 23.7 Å². The van der Waals surface area contributed by atoms with Crippen molar-refractivity contribution < 1.29 is 32.2 Å². The van der Waals surface area contributed by atoms with Crippen LogP contribution in [0.25, 0.3) is 0 Å². The summed E-state index contributed by atoms with van der Waals surface area (Å²) in [5, 5.41) is 5.30. The number of carbonyl (C=O) groups is 2. The van der Waals surface area contributed by atoms with Crippen LogP contribution in [0, 0.1) is 0 Å². The Balaban J connectivity index is 2.15. The minimum Gasteiger partial charge on any atom is -0.497 e. The van der Waals surface area contributed by atoms with E-state index in [1.54, 1.807) is 31.2 Å². The summed E-state index contributed by atoms with van der Waals surface area (Å²) in [4.78, 5) is 25.2. The van der Waals surface area contributed by atoms with Crippen molar-refractivity contribution in [2.45, 2.75) is 17.9 Å². The van der Waals surface area contributed by atoms with E-state index >= 15 is 0 Å². The second-order valence-electron chi connectivity index (χ2n) is 6.98. The lowest BCUT2D eigenvalue weighted by atomic mass is 9.95. The molecule has 3 rings (SSSR count). The van der Waals surface area contributed by atoms with Crippen molar-refractivity contribution in [3.05, 3.63) is 64.3 Å². The molecule has 33 heavy (non-hydrogen) atoms. The zero-order chi connectivity index (χ0) is 24.2. The quantitative estimate of drug-likeness (QED) is 0.541. The minimum absolute atomic E-state index is 0.0331. The first-order valence-electron chi connectivity index (χ1n) is 9.88. The Kier molecular flexibility index (Phi) is 7.50. The van der Waals surface area contributed by atoms with Crippen LogP contribution in [0.5, 0.6) is 11.5 Å². The van der Waals surface area contributed by atoms with Crippen molar-refractivity contribution in [3.8, 4) is 11.5 Å². The Bertz CT molecular complexity index is 1210. The van der Waals surface area contributed by atoms with Crippen molar-refractivity contribution in [1.29, 1.82) is 0 Å². The summed E-state index contributed by atoms with van der Waals surface area (Å²) in [6.07, 6.45) is 0. The van der Waals surface area contributed by atoms with Crippen LogP contribution in [0.4, 0.5) is 4.79 Å². The Morgan fingerprint density at radius 1 is 1.12 bits per heavy atom. The molecule has 0 saturated heterocycles. The van der Waals surface area contributed by atoms with Crippen molar-refractivity contribution in [2.75, 3.05) is 26.6 Å². The number of amides is 2. The van der Waals surface area contributed by atoms with Crippen LogP contribution >= 0.6 is 11.6 Å². The normalized spacial score (nSPS) is 16.0. The number of carbonyl (C=O) groups excluding carboxylic acids is 2. The van der Waals surface area contributed by atoms with Gasteiger partial charge in [-0.15, -0.1) is 0 Å². The molecule has 2 aromatic rings. The molecule has 0 aliphatic carbocycles. The van der Waals surface area contributed by atoms with E-state index in [1.165, 1.54) is 32.4 Å². The van der Waals surface area contributed by atoms with Crippen LogP contribution in [0.3, 0.4) is 0 Å². The average molecular weight is 495 g/mol. The van der Waals surface area contributed by atoms with Crippen molar-refractivity contribution in [3.63, 3.8) is 0 Å². The van der Waals surface area contributed by atoms with Gasteiger partial charge >= 0.3 is 12.0 Å². The van der Waals surface area contributed by atoms with E-state index in [0.717, 1.165) is 0 Å². The first-order chi connectivity index (χ1) is 15.7.